The van der Waals surface area contributed by atoms with Crippen LogP contribution >= 0.6 is 0 Å². The van der Waals surface area contributed by atoms with Gasteiger partial charge >= 0.3 is 12.1 Å². The van der Waals surface area contributed by atoms with E-state index in [1.165, 1.54) is 0 Å². The van der Waals surface area contributed by atoms with Crippen LogP contribution in [0.1, 0.15) is 26.5 Å². The average molecular weight is 305 g/mol. The minimum atomic E-state index is -1.13. The van der Waals surface area contributed by atoms with Crippen LogP contribution in [-0.4, -0.2) is 39.0 Å². The second-order valence-corrected chi connectivity index (χ2v) is 5.96. The Morgan fingerprint density at radius 2 is 2.05 bits per heavy atom. The number of rotatable bonds is 4. The van der Waals surface area contributed by atoms with Crippen LogP contribution in [0.25, 0.3) is 10.9 Å². The van der Waals surface area contributed by atoms with Gasteiger partial charge in [-0.15, -0.1) is 0 Å². The number of nitrogens with zero attached hydrogens (tertiary/aromatic N) is 1. The monoisotopic (exact) mass is 305 g/mol. The standard InChI is InChI=1S/C15H19N3O4/c1-15(2,3)22-14(21)16-12(13(19)20)8-11-9-6-4-5-7-10(9)17-18-11/h4-7,12H,8H2,1-3H3,(H,16,21)(H,17,18)(H,19,20). The van der Waals surface area contributed by atoms with Crippen LogP contribution in [0, 0.1) is 0 Å². The average Bonchev–Trinajstić information content (AvgIpc) is 2.79. The molecule has 0 aliphatic carbocycles. The zero-order chi connectivity index (χ0) is 16.3. The lowest BCUT2D eigenvalue weighted by Crippen LogP contribution is -2.44. The van der Waals surface area contributed by atoms with Gasteiger partial charge in [0.1, 0.15) is 11.6 Å². The lowest BCUT2D eigenvalue weighted by atomic mass is 10.1. The molecule has 0 spiro atoms. The molecule has 2 aromatic rings. The molecule has 0 aliphatic rings. The highest BCUT2D eigenvalue weighted by atomic mass is 16.6. The van der Waals surface area contributed by atoms with Crippen LogP contribution in [0.5, 0.6) is 0 Å². The number of alkyl carbamates (subject to hydrolysis) is 1. The van der Waals surface area contributed by atoms with Crippen molar-refractivity contribution in [3.63, 3.8) is 0 Å². The molecule has 0 bridgehead atoms. The summed E-state index contributed by atoms with van der Waals surface area (Å²) < 4.78 is 5.09. The van der Waals surface area contributed by atoms with E-state index in [0.717, 1.165) is 10.9 Å². The van der Waals surface area contributed by atoms with Gasteiger partial charge in [0.25, 0.3) is 0 Å². The molecule has 1 heterocycles. The molecule has 2 rings (SSSR count). The van der Waals surface area contributed by atoms with Crippen LogP contribution in [0.15, 0.2) is 24.3 Å². The lowest BCUT2D eigenvalue weighted by molar-refractivity contribution is -0.139. The van der Waals surface area contributed by atoms with E-state index in [4.69, 9.17) is 4.74 Å². The smallest absolute Gasteiger partial charge is 0.408 e. The number of para-hydroxylation sites is 1. The van der Waals surface area contributed by atoms with Crippen LogP contribution in [-0.2, 0) is 16.0 Å². The number of ether oxygens (including phenoxy) is 1. The molecular formula is C15H19N3O4. The van der Waals surface area contributed by atoms with Gasteiger partial charge in [-0.05, 0) is 26.8 Å². The Labute approximate surface area is 127 Å². The maximum Gasteiger partial charge on any atom is 0.408 e. The van der Waals surface area contributed by atoms with E-state index in [2.05, 4.69) is 15.5 Å². The summed E-state index contributed by atoms with van der Waals surface area (Å²) in [5.41, 5.74) is 0.714. The largest absolute Gasteiger partial charge is 0.480 e. The van der Waals surface area contributed by atoms with Crippen molar-refractivity contribution in [1.82, 2.24) is 15.5 Å². The van der Waals surface area contributed by atoms with Crippen molar-refractivity contribution in [2.75, 3.05) is 0 Å². The van der Waals surface area contributed by atoms with Crippen molar-refractivity contribution in [3.8, 4) is 0 Å². The SMILES string of the molecule is CC(C)(C)OC(=O)NC(Cc1[nH]nc2ccccc12)C(=O)O. The number of H-pyrrole nitrogens is 1. The Hall–Kier alpha value is -2.57. The lowest BCUT2D eigenvalue weighted by Gasteiger charge is -2.21. The summed E-state index contributed by atoms with van der Waals surface area (Å²) in [6.45, 7) is 5.14. The highest BCUT2D eigenvalue weighted by Crippen LogP contribution is 2.17. The number of carbonyl (C=O) groups excluding carboxylic acids is 1. The summed E-state index contributed by atoms with van der Waals surface area (Å²) in [7, 11) is 0. The minimum absolute atomic E-state index is 0.0924. The third-order valence-electron chi connectivity index (χ3n) is 2.94. The van der Waals surface area contributed by atoms with Gasteiger partial charge in [0.2, 0.25) is 0 Å². The van der Waals surface area contributed by atoms with E-state index >= 15 is 0 Å². The Morgan fingerprint density at radius 3 is 2.68 bits per heavy atom. The fraction of sp³-hybridized carbons (Fsp3) is 0.400. The van der Waals surface area contributed by atoms with Gasteiger partial charge in [0.05, 0.1) is 5.52 Å². The summed E-state index contributed by atoms with van der Waals surface area (Å²) in [6, 6.07) is 6.27. The Kier molecular flexibility index (Phi) is 4.35. The zero-order valence-corrected chi connectivity index (χ0v) is 12.7. The number of amides is 1. The number of aromatic nitrogens is 2. The molecule has 0 fully saturated rings. The van der Waals surface area contributed by atoms with Crippen molar-refractivity contribution in [2.24, 2.45) is 0 Å². The number of benzene rings is 1. The minimum Gasteiger partial charge on any atom is -0.480 e. The third kappa shape index (κ3) is 3.97. The number of hydrogen-bond acceptors (Lipinski definition) is 4. The number of carboxylic acid groups (broad SMARTS) is 1. The number of aromatic amines is 1. The number of carbonyl (C=O) groups is 2. The second-order valence-electron chi connectivity index (χ2n) is 5.96. The molecular weight excluding hydrogens is 286 g/mol. The van der Waals surface area contributed by atoms with E-state index in [9.17, 15) is 14.7 Å². The molecule has 7 heteroatoms. The summed E-state index contributed by atoms with van der Waals surface area (Å²) >= 11 is 0. The van der Waals surface area contributed by atoms with Crippen LogP contribution in [0.4, 0.5) is 4.79 Å². The Balaban J connectivity index is 2.12. The number of hydrogen-bond donors (Lipinski definition) is 3. The van der Waals surface area contributed by atoms with Crippen LogP contribution in [0.2, 0.25) is 0 Å². The molecule has 22 heavy (non-hydrogen) atoms. The van der Waals surface area contributed by atoms with Crippen molar-refractivity contribution < 1.29 is 19.4 Å². The number of nitrogens with one attached hydrogen (secondary N) is 2. The van der Waals surface area contributed by atoms with Crippen molar-refractivity contribution in [3.05, 3.63) is 30.0 Å². The quantitative estimate of drug-likeness (QED) is 0.802. The molecule has 1 atom stereocenters. The molecule has 1 unspecified atom stereocenters. The van der Waals surface area contributed by atoms with E-state index in [1.807, 2.05) is 24.3 Å². The molecule has 0 aliphatic heterocycles. The van der Waals surface area contributed by atoms with Gasteiger partial charge < -0.3 is 15.2 Å². The summed E-state index contributed by atoms with van der Waals surface area (Å²) in [6.07, 6.45) is -0.668. The molecule has 1 amide bonds. The van der Waals surface area contributed by atoms with Crippen molar-refractivity contribution in [2.45, 2.75) is 38.8 Å². The summed E-state index contributed by atoms with van der Waals surface area (Å²) in [5.74, 6) is -1.13. The topological polar surface area (TPSA) is 104 Å². The van der Waals surface area contributed by atoms with E-state index < -0.39 is 23.7 Å². The second kappa shape index (κ2) is 6.05. The van der Waals surface area contributed by atoms with Crippen molar-refractivity contribution >= 4 is 23.0 Å². The zero-order valence-electron chi connectivity index (χ0n) is 12.7. The maximum atomic E-state index is 11.7. The van der Waals surface area contributed by atoms with E-state index in [-0.39, 0.29) is 6.42 Å². The van der Waals surface area contributed by atoms with Gasteiger partial charge in [-0.25, -0.2) is 9.59 Å². The molecule has 0 radical (unpaired) electrons. The highest BCUT2D eigenvalue weighted by molar-refractivity contribution is 5.84. The molecule has 0 saturated heterocycles. The van der Waals surface area contributed by atoms with Crippen LogP contribution < -0.4 is 5.32 Å². The molecule has 0 saturated carbocycles. The van der Waals surface area contributed by atoms with Gasteiger partial charge in [-0.1, -0.05) is 18.2 Å². The maximum absolute atomic E-state index is 11.7. The Bertz CT molecular complexity index is 687. The summed E-state index contributed by atoms with van der Waals surface area (Å²) in [4.78, 5) is 23.1. The van der Waals surface area contributed by atoms with E-state index in [0.29, 0.717) is 5.69 Å². The van der Waals surface area contributed by atoms with Gasteiger partial charge in [-0.2, -0.15) is 5.10 Å². The first kappa shape index (κ1) is 15.8. The van der Waals surface area contributed by atoms with Gasteiger partial charge in [-0.3, -0.25) is 5.10 Å². The number of fused-ring (bicyclic) bond motifs is 1. The van der Waals surface area contributed by atoms with Gasteiger partial charge in [0.15, 0.2) is 0 Å². The first-order valence-electron chi connectivity index (χ1n) is 6.90. The normalized spacial score (nSPS) is 12.9. The van der Waals surface area contributed by atoms with E-state index in [1.54, 1.807) is 20.8 Å². The fourth-order valence-electron chi connectivity index (χ4n) is 2.02. The molecule has 7 nitrogen and oxygen atoms in total. The first-order chi connectivity index (χ1) is 10.3. The van der Waals surface area contributed by atoms with Crippen LogP contribution in [0.3, 0.4) is 0 Å². The molecule has 1 aromatic heterocycles. The molecule has 1 aromatic carbocycles. The van der Waals surface area contributed by atoms with Crippen molar-refractivity contribution in [1.29, 1.82) is 0 Å². The number of aliphatic carboxylic acids is 1. The predicted molar refractivity (Wildman–Crippen MR) is 80.6 cm³/mol. The molecule has 118 valence electrons. The third-order valence-corrected chi connectivity index (χ3v) is 2.94. The summed E-state index contributed by atoms with van der Waals surface area (Å²) in [5, 5.41) is 19.4. The predicted octanol–water partition coefficient (Wildman–Crippen LogP) is 2.08. The first-order valence-corrected chi connectivity index (χ1v) is 6.90. The number of carboxylic acids is 1. The van der Waals surface area contributed by atoms with Gasteiger partial charge in [0, 0.05) is 17.5 Å². The highest BCUT2D eigenvalue weighted by Gasteiger charge is 2.25. The Morgan fingerprint density at radius 1 is 1.36 bits per heavy atom. The molecule has 3 N–H and O–H groups in total. The fourth-order valence-corrected chi connectivity index (χ4v) is 2.02.